The third kappa shape index (κ3) is 3.80. The summed E-state index contributed by atoms with van der Waals surface area (Å²) in [6.07, 6.45) is 2.68. The average molecular weight is 353 g/mol. The maximum atomic E-state index is 13.3. The summed E-state index contributed by atoms with van der Waals surface area (Å²) in [5.74, 6) is 0. The molecule has 3 nitrogen and oxygen atoms in total. The molecule has 0 atom stereocenters. The fourth-order valence-electron chi connectivity index (χ4n) is 3.13. The largest absolute Gasteiger partial charge is 0.381 e. The van der Waals surface area contributed by atoms with E-state index in [2.05, 4.69) is 18.2 Å². The molecule has 2 aromatic carbocycles. The quantitative estimate of drug-likeness (QED) is 0.467. The Kier molecular flexibility index (Phi) is 5.95. The first kappa shape index (κ1) is 17.8. The summed E-state index contributed by atoms with van der Waals surface area (Å²) in [4.78, 5) is 14.3. The lowest BCUT2D eigenvalue weighted by Gasteiger charge is -2.17. The standard InChI is InChI=1S/C21H23NO2S/c1-3-24-14-13-18-20(25-2)17-11-7-8-12-19(17)22(21(18)23)15-16-9-5-4-6-10-16/h4-12H,3,13-15H2,1-2H3. The summed E-state index contributed by atoms with van der Waals surface area (Å²) in [5.41, 5.74) is 3.06. The highest BCUT2D eigenvalue weighted by Gasteiger charge is 2.16. The van der Waals surface area contributed by atoms with Gasteiger partial charge in [-0.1, -0.05) is 48.5 Å². The van der Waals surface area contributed by atoms with E-state index in [1.165, 1.54) is 0 Å². The smallest absolute Gasteiger partial charge is 0.255 e. The second-order valence-electron chi connectivity index (χ2n) is 5.85. The zero-order valence-electron chi connectivity index (χ0n) is 14.7. The second kappa shape index (κ2) is 8.37. The molecular formula is C21H23NO2S. The number of pyridine rings is 1. The van der Waals surface area contributed by atoms with Crippen molar-refractivity contribution in [2.45, 2.75) is 24.8 Å². The van der Waals surface area contributed by atoms with Crippen LogP contribution in [0, 0.1) is 0 Å². The van der Waals surface area contributed by atoms with E-state index in [0.717, 1.165) is 26.9 Å². The Morgan fingerprint density at radius 2 is 1.76 bits per heavy atom. The van der Waals surface area contributed by atoms with Crippen molar-refractivity contribution in [1.82, 2.24) is 4.57 Å². The molecule has 0 bridgehead atoms. The lowest BCUT2D eigenvalue weighted by Crippen LogP contribution is -2.26. The topological polar surface area (TPSA) is 31.2 Å². The SMILES string of the molecule is CCOCCc1c(SC)c2ccccc2n(Cc2ccccc2)c1=O. The fourth-order valence-corrected chi connectivity index (χ4v) is 3.96. The molecule has 0 N–H and O–H groups in total. The van der Waals surface area contributed by atoms with Crippen LogP contribution in [-0.2, 0) is 17.7 Å². The Hall–Kier alpha value is -2.04. The van der Waals surface area contributed by atoms with Crippen LogP contribution in [0.25, 0.3) is 10.9 Å². The Morgan fingerprint density at radius 3 is 2.48 bits per heavy atom. The average Bonchev–Trinajstić information content (AvgIpc) is 2.66. The summed E-state index contributed by atoms with van der Waals surface area (Å²) in [6, 6.07) is 18.3. The van der Waals surface area contributed by atoms with Crippen LogP contribution in [-0.4, -0.2) is 24.0 Å². The number of hydrogen-bond acceptors (Lipinski definition) is 3. The number of fused-ring (bicyclic) bond motifs is 1. The van der Waals surface area contributed by atoms with Crippen LogP contribution in [0.15, 0.2) is 64.3 Å². The van der Waals surface area contributed by atoms with E-state index in [1.54, 1.807) is 11.8 Å². The van der Waals surface area contributed by atoms with Crippen LogP contribution >= 0.6 is 11.8 Å². The molecule has 0 fully saturated rings. The third-order valence-electron chi connectivity index (χ3n) is 4.31. The molecule has 3 rings (SSSR count). The van der Waals surface area contributed by atoms with Gasteiger partial charge in [-0.25, -0.2) is 0 Å². The Labute approximate surface area is 152 Å². The molecule has 0 aliphatic carbocycles. The van der Waals surface area contributed by atoms with E-state index in [1.807, 2.05) is 54.1 Å². The van der Waals surface area contributed by atoms with E-state index >= 15 is 0 Å². The summed E-state index contributed by atoms with van der Waals surface area (Å²) in [7, 11) is 0. The van der Waals surface area contributed by atoms with Gasteiger partial charge in [0.15, 0.2) is 0 Å². The second-order valence-corrected chi connectivity index (χ2v) is 6.67. The van der Waals surface area contributed by atoms with Gasteiger partial charge in [-0.2, -0.15) is 0 Å². The van der Waals surface area contributed by atoms with Gasteiger partial charge < -0.3 is 9.30 Å². The van der Waals surface area contributed by atoms with Gasteiger partial charge in [-0.05, 0) is 24.8 Å². The van der Waals surface area contributed by atoms with Crippen molar-refractivity contribution in [2.24, 2.45) is 0 Å². The Morgan fingerprint density at radius 1 is 1.04 bits per heavy atom. The lowest BCUT2D eigenvalue weighted by molar-refractivity contribution is 0.150. The highest BCUT2D eigenvalue weighted by atomic mass is 32.2. The minimum Gasteiger partial charge on any atom is -0.381 e. The summed E-state index contributed by atoms with van der Waals surface area (Å²) in [5, 5.41) is 1.14. The Bertz CT molecular complexity index is 903. The van der Waals surface area contributed by atoms with Crippen molar-refractivity contribution >= 4 is 22.7 Å². The van der Waals surface area contributed by atoms with Crippen LogP contribution in [0.3, 0.4) is 0 Å². The van der Waals surface area contributed by atoms with Crippen LogP contribution in [0.4, 0.5) is 0 Å². The molecule has 0 aliphatic rings. The van der Waals surface area contributed by atoms with Gasteiger partial charge in [-0.15, -0.1) is 11.8 Å². The molecule has 3 aromatic rings. The predicted octanol–water partition coefficient (Wildman–Crippen LogP) is 4.35. The zero-order chi connectivity index (χ0) is 17.6. The number of aromatic nitrogens is 1. The van der Waals surface area contributed by atoms with Gasteiger partial charge in [0.25, 0.3) is 5.56 Å². The zero-order valence-corrected chi connectivity index (χ0v) is 15.5. The number of benzene rings is 2. The number of thioether (sulfide) groups is 1. The van der Waals surface area contributed by atoms with Gasteiger partial charge in [0.1, 0.15) is 0 Å². The molecular weight excluding hydrogens is 330 g/mol. The number of hydrogen-bond donors (Lipinski definition) is 0. The van der Waals surface area contributed by atoms with Crippen molar-refractivity contribution in [1.29, 1.82) is 0 Å². The van der Waals surface area contributed by atoms with E-state index < -0.39 is 0 Å². The van der Waals surface area contributed by atoms with Gasteiger partial charge >= 0.3 is 0 Å². The van der Waals surface area contributed by atoms with Crippen molar-refractivity contribution in [2.75, 3.05) is 19.5 Å². The first-order valence-corrected chi connectivity index (χ1v) is 9.78. The predicted molar refractivity (Wildman–Crippen MR) is 106 cm³/mol. The highest BCUT2D eigenvalue weighted by Crippen LogP contribution is 2.28. The summed E-state index contributed by atoms with van der Waals surface area (Å²) in [6.45, 7) is 3.80. The van der Waals surface area contributed by atoms with Crippen molar-refractivity contribution in [3.8, 4) is 0 Å². The van der Waals surface area contributed by atoms with Gasteiger partial charge in [-0.3, -0.25) is 4.79 Å². The summed E-state index contributed by atoms with van der Waals surface area (Å²) < 4.78 is 7.40. The molecule has 0 amide bonds. The van der Waals surface area contributed by atoms with Crippen LogP contribution < -0.4 is 5.56 Å². The molecule has 25 heavy (non-hydrogen) atoms. The molecule has 0 saturated heterocycles. The molecule has 0 spiro atoms. The van der Waals surface area contributed by atoms with Gasteiger partial charge in [0.2, 0.25) is 0 Å². The fraction of sp³-hybridized carbons (Fsp3) is 0.286. The molecule has 1 heterocycles. The minimum atomic E-state index is 0.0895. The van der Waals surface area contributed by atoms with Crippen molar-refractivity contribution in [3.63, 3.8) is 0 Å². The maximum Gasteiger partial charge on any atom is 0.255 e. The first-order valence-electron chi connectivity index (χ1n) is 8.56. The molecule has 0 aliphatic heterocycles. The van der Waals surface area contributed by atoms with Gasteiger partial charge in [0, 0.05) is 28.9 Å². The Balaban J connectivity index is 2.17. The first-order chi connectivity index (χ1) is 12.3. The maximum absolute atomic E-state index is 13.3. The van der Waals surface area contributed by atoms with E-state index in [4.69, 9.17) is 4.74 Å². The monoisotopic (exact) mass is 353 g/mol. The molecule has 4 heteroatoms. The van der Waals surface area contributed by atoms with E-state index in [0.29, 0.717) is 26.2 Å². The molecule has 0 radical (unpaired) electrons. The van der Waals surface area contributed by atoms with E-state index in [-0.39, 0.29) is 5.56 Å². The number of ether oxygens (including phenoxy) is 1. The van der Waals surface area contributed by atoms with Crippen LogP contribution in [0.5, 0.6) is 0 Å². The number of nitrogens with zero attached hydrogens (tertiary/aromatic N) is 1. The highest BCUT2D eigenvalue weighted by molar-refractivity contribution is 7.98. The minimum absolute atomic E-state index is 0.0895. The molecule has 0 unspecified atom stereocenters. The van der Waals surface area contributed by atoms with Gasteiger partial charge in [0.05, 0.1) is 18.7 Å². The third-order valence-corrected chi connectivity index (χ3v) is 5.18. The molecule has 0 saturated carbocycles. The molecule has 1 aromatic heterocycles. The number of rotatable bonds is 7. The van der Waals surface area contributed by atoms with Crippen molar-refractivity contribution in [3.05, 3.63) is 76.1 Å². The summed E-state index contributed by atoms with van der Waals surface area (Å²) >= 11 is 1.64. The van der Waals surface area contributed by atoms with Crippen LogP contribution in [0.2, 0.25) is 0 Å². The number of para-hydroxylation sites is 1. The van der Waals surface area contributed by atoms with Crippen molar-refractivity contribution < 1.29 is 4.74 Å². The van der Waals surface area contributed by atoms with Crippen LogP contribution in [0.1, 0.15) is 18.1 Å². The van der Waals surface area contributed by atoms with E-state index in [9.17, 15) is 4.79 Å². The lowest BCUT2D eigenvalue weighted by atomic mass is 10.1. The molecule has 130 valence electrons. The normalized spacial score (nSPS) is 11.1.